The average Bonchev–Trinajstić information content (AvgIpc) is 3.32. The van der Waals surface area contributed by atoms with Gasteiger partial charge in [0, 0.05) is 6.42 Å². The Balaban J connectivity index is 2.27. The Morgan fingerprint density at radius 2 is 0.939 bits per heavy atom. The van der Waals surface area contributed by atoms with E-state index in [9.17, 15) is 30.3 Å². The van der Waals surface area contributed by atoms with Crippen molar-refractivity contribution in [1.82, 2.24) is 5.32 Å². The quantitative estimate of drug-likeness (QED) is 0.0261. The third-order valence-corrected chi connectivity index (χ3v) is 12.3. The summed E-state index contributed by atoms with van der Waals surface area (Å²) in [6.07, 6.45) is 57.3. The average molecular weight is 926 g/mol. The summed E-state index contributed by atoms with van der Waals surface area (Å²) in [5.74, 6) is -0.166. The number of nitrogens with one attached hydrogen (secondary N) is 1. The van der Waals surface area contributed by atoms with Crippen molar-refractivity contribution in [3.63, 3.8) is 0 Å². The van der Waals surface area contributed by atoms with Gasteiger partial charge in [0.25, 0.3) is 0 Å². The highest BCUT2D eigenvalue weighted by molar-refractivity contribution is 5.76. The van der Waals surface area contributed by atoms with E-state index in [1.807, 2.05) is 0 Å². The maximum Gasteiger partial charge on any atom is 0.220 e. The van der Waals surface area contributed by atoms with Crippen molar-refractivity contribution >= 4 is 5.91 Å². The minimum absolute atomic E-state index is 0.151. The van der Waals surface area contributed by atoms with E-state index in [-0.39, 0.29) is 12.5 Å². The number of aliphatic hydroxyl groups excluding tert-OH is 5. The van der Waals surface area contributed by atoms with Crippen LogP contribution in [-0.2, 0) is 14.3 Å². The summed E-state index contributed by atoms with van der Waals surface area (Å²) < 4.78 is 11.3. The van der Waals surface area contributed by atoms with Crippen molar-refractivity contribution in [2.24, 2.45) is 0 Å². The molecule has 0 saturated carbocycles. The van der Waals surface area contributed by atoms with Crippen molar-refractivity contribution in [1.29, 1.82) is 0 Å². The molecule has 7 unspecified atom stereocenters. The van der Waals surface area contributed by atoms with Crippen LogP contribution in [0.25, 0.3) is 0 Å². The van der Waals surface area contributed by atoms with Crippen molar-refractivity contribution in [2.45, 2.75) is 256 Å². The molecule has 6 N–H and O–H groups in total. The number of hydrogen-bond donors (Lipinski definition) is 6. The molecule has 0 radical (unpaired) electrons. The van der Waals surface area contributed by atoms with Crippen LogP contribution >= 0.6 is 0 Å². The summed E-state index contributed by atoms with van der Waals surface area (Å²) in [6, 6.07) is -0.735. The lowest BCUT2D eigenvalue weighted by molar-refractivity contribution is -0.302. The molecular formula is C57H99NO8. The van der Waals surface area contributed by atoms with E-state index in [2.05, 4.69) is 104 Å². The lowest BCUT2D eigenvalue weighted by Gasteiger charge is -2.40. The van der Waals surface area contributed by atoms with Crippen LogP contribution in [0, 0.1) is 0 Å². The van der Waals surface area contributed by atoms with Gasteiger partial charge in [-0.3, -0.25) is 4.79 Å². The molecule has 1 aliphatic heterocycles. The highest BCUT2D eigenvalue weighted by atomic mass is 16.7. The first-order chi connectivity index (χ1) is 32.3. The smallest absolute Gasteiger partial charge is 0.220 e. The maximum atomic E-state index is 13.0. The van der Waals surface area contributed by atoms with Crippen LogP contribution in [0.4, 0.5) is 0 Å². The highest BCUT2D eigenvalue weighted by Gasteiger charge is 2.44. The Bertz CT molecular complexity index is 1300. The van der Waals surface area contributed by atoms with Gasteiger partial charge in [0.15, 0.2) is 6.29 Å². The Kier molecular flexibility index (Phi) is 42.9. The van der Waals surface area contributed by atoms with Crippen molar-refractivity contribution in [3.05, 3.63) is 85.1 Å². The number of carbonyl (C=O) groups is 1. The molecule has 9 heteroatoms. The predicted octanol–water partition coefficient (Wildman–Crippen LogP) is 12.7. The summed E-state index contributed by atoms with van der Waals surface area (Å²) in [5.41, 5.74) is 0. The Labute approximate surface area is 403 Å². The van der Waals surface area contributed by atoms with Gasteiger partial charge in [-0.25, -0.2) is 0 Å². The van der Waals surface area contributed by atoms with Crippen LogP contribution in [0.5, 0.6) is 0 Å². The van der Waals surface area contributed by atoms with E-state index in [1.165, 1.54) is 83.5 Å². The molecule has 66 heavy (non-hydrogen) atoms. The lowest BCUT2D eigenvalue weighted by Crippen LogP contribution is -2.60. The van der Waals surface area contributed by atoms with E-state index >= 15 is 0 Å². The molecule has 0 aliphatic carbocycles. The largest absolute Gasteiger partial charge is 0.394 e. The van der Waals surface area contributed by atoms with Gasteiger partial charge in [-0.05, 0) is 70.6 Å². The number of carbonyl (C=O) groups excluding carboxylic acids is 1. The number of ether oxygens (including phenoxy) is 2. The number of unbranched alkanes of at least 4 members (excludes halogenated alkanes) is 20. The molecule has 1 amide bonds. The van der Waals surface area contributed by atoms with Gasteiger partial charge in [0.2, 0.25) is 5.91 Å². The second-order valence-electron chi connectivity index (χ2n) is 18.3. The van der Waals surface area contributed by atoms with Crippen molar-refractivity contribution in [2.75, 3.05) is 13.2 Å². The zero-order valence-electron chi connectivity index (χ0n) is 41.9. The number of aliphatic hydroxyl groups is 5. The first-order valence-corrected chi connectivity index (χ1v) is 26.8. The minimum Gasteiger partial charge on any atom is -0.394 e. The highest BCUT2D eigenvalue weighted by Crippen LogP contribution is 2.23. The molecule has 1 heterocycles. The molecule has 380 valence electrons. The third-order valence-electron chi connectivity index (χ3n) is 12.3. The monoisotopic (exact) mass is 926 g/mol. The number of allylic oxidation sites excluding steroid dienone is 14. The molecule has 0 aromatic carbocycles. The summed E-state index contributed by atoms with van der Waals surface area (Å²) >= 11 is 0. The molecule has 9 nitrogen and oxygen atoms in total. The fourth-order valence-corrected chi connectivity index (χ4v) is 8.02. The molecule has 0 bridgehead atoms. The minimum atomic E-state index is -1.56. The number of rotatable bonds is 44. The zero-order valence-corrected chi connectivity index (χ0v) is 41.9. The van der Waals surface area contributed by atoms with Gasteiger partial charge in [-0.2, -0.15) is 0 Å². The lowest BCUT2D eigenvalue weighted by atomic mass is 9.99. The van der Waals surface area contributed by atoms with Crippen molar-refractivity contribution < 1.29 is 39.8 Å². The van der Waals surface area contributed by atoms with E-state index < -0.39 is 49.5 Å². The zero-order chi connectivity index (χ0) is 48.0. The van der Waals surface area contributed by atoms with Gasteiger partial charge in [0.1, 0.15) is 24.4 Å². The van der Waals surface area contributed by atoms with Crippen LogP contribution in [0.1, 0.15) is 213 Å². The van der Waals surface area contributed by atoms with Gasteiger partial charge in [-0.1, -0.05) is 221 Å². The predicted molar refractivity (Wildman–Crippen MR) is 276 cm³/mol. The first-order valence-electron chi connectivity index (χ1n) is 26.8. The van der Waals surface area contributed by atoms with Crippen molar-refractivity contribution in [3.8, 4) is 0 Å². The summed E-state index contributed by atoms with van der Waals surface area (Å²) in [7, 11) is 0. The molecule has 0 aromatic heterocycles. The standard InChI is InChI=1S/C57H99NO8/c1-3-5-7-9-11-13-15-17-19-21-22-23-24-25-26-27-28-29-30-31-33-35-37-39-41-43-45-47-53(61)58-50(49-65-57-56(64)55(63)54(62)52(48-59)66-57)51(60)46-44-42-40-38-36-34-32-20-18-16-14-12-10-8-6-4-2/h5,7,11,13,17,19,22-23,25-26,28-29,31,33,50-52,54-57,59-60,62-64H,3-4,6,8-10,12,14-16,18,20-21,24,27,30,32,34-49H2,1-2H3,(H,58,61)/b7-5-,13-11-,19-17-,23-22-,26-25-,29-28-,33-31-. The molecule has 1 rings (SSSR count). The maximum absolute atomic E-state index is 13.0. The Morgan fingerprint density at radius 1 is 0.530 bits per heavy atom. The van der Waals surface area contributed by atoms with Crippen LogP contribution in [0.3, 0.4) is 0 Å². The fourth-order valence-electron chi connectivity index (χ4n) is 8.02. The number of hydrogen-bond acceptors (Lipinski definition) is 8. The Hall–Kier alpha value is -2.63. The van der Waals surface area contributed by atoms with Gasteiger partial charge >= 0.3 is 0 Å². The van der Waals surface area contributed by atoms with Gasteiger partial charge < -0.3 is 40.3 Å². The molecule has 0 aromatic rings. The second-order valence-corrected chi connectivity index (χ2v) is 18.3. The molecule has 1 aliphatic rings. The SMILES string of the molecule is CC/C=C\C/C=C\C/C=C\C/C=C\C/C=C\C/C=C\C/C=C\CCCCCCCC(=O)NC(COC1OC(CO)C(O)C(O)C1O)C(O)CCCCCCCCCCCCCCCCCC. The van der Waals surface area contributed by atoms with Crippen LogP contribution in [0.15, 0.2) is 85.1 Å². The van der Waals surface area contributed by atoms with E-state index in [1.54, 1.807) is 0 Å². The van der Waals surface area contributed by atoms with E-state index in [0.29, 0.717) is 12.8 Å². The van der Waals surface area contributed by atoms with Crippen LogP contribution < -0.4 is 5.32 Å². The van der Waals surface area contributed by atoms with E-state index in [0.717, 1.165) is 103 Å². The fraction of sp³-hybridized carbons (Fsp3) is 0.737. The summed E-state index contributed by atoms with van der Waals surface area (Å²) in [4.78, 5) is 13.0. The molecule has 0 spiro atoms. The molecule has 7 atom stereocenters. The molecular weight excluding hydrogens is 827 g/mol. The van der Waals surface area contributed by atoms with Gasteiger partial charge in [0.05, 0.1) is 25.4 Å². The van der Waals surface area contributed by atoms with Gasteiger partial charge in [-0.15, -0.1) is 0 Å². The third kappa shape index (κ3) is 35.5. The molecule has 1 fully saturated rings. The molecule has 1 saturated heterocycles. The normalized spacial score (nSPS) is 20.5. The Morgan fingerprint density at radius 3 is 1.39 bits per heavy atom. The first kappa shape index (κ1) is 61.4. The van der Waals surface area contributed by atoms with Crippen LogP contribution in [-0.4, -0.2) is 87.5 Å². The number of amides is 1. The topological polar surface area (TPSA) is 149 Å². The summed E-state index contributed by atoms with van der Waals surface area (Å²) in [5, 5.41) is 54.6. The van der Waals surface area contributed by atoms with Crippen LogP contribution in [0.2, 0.25) is 0 Å². The second kappa shape index (κ2) is 46.1. The van der Waals surface area contributed by atoms with E-state index in [4.69, 9.17) is 9.47 Å². The summed E-state index contributed by atoms with van der Waals surface area (Å²) in [6.45, 7) is 3.71.